The van der Waals surface area contributed by atoms with Crippen LogP contribution in [-0.2, 0) is 32.6 Å². The van der Waals surface area contributed by atoms with E-state index < -0.39 is 11.9 Å². The van der Waals surface area contributed by atoms with E-state index in [1.54, 1.807) is 26.3 Å². The third kappa shape index (κ3) is 4.01. The minimum absolute atomic E-state index is 0.252. The van der Waals surface area contributed by atoms with Crippen LogP contribution in [0, 0.1) is 0 Å². The van der Waals surface area contributed by atoms with Crippen molar-refractivity contribution in [2.24, 2.45) is 7.05 Å². The van der Waals surface area contributed by atoms with Gasteiger partial charge in [0.05, 0.1) is 36.1 Å². The number of hydrogen-bond donors (Lipinski definition) is 0. The number of ether oxygens (including phenoxy) is 1. The lowest BCUT2D eigenvalue weighted by Gasteiger charge is -2.12. The summed E-state index contributed by atoms with van der Waals surface area (Å²) in [4.78, 5) is 22.5. The maximum atomic E-state index is 13.1. The van der Waals surface area contributed by atoms with Crippen molar-refractivity contribution in [1.82, 2.24) is 39.3 Å². The Balaban J connectivity index is 1.25. The molecule has 0 unspecified atom stereocenters. The van der Waals surface area contributed by atoms with Gasteiger partial charge in [-0.25, -0.2) is 29.6 Å². The lowest BCUT2D eigenvalue weighted by atomic mass is 10.1. The summed E-state index contributed by atoms with van der Waals surface area (Å²) in [5.74, 6) is 1.61. The van der Waals surface area contributed by atoms with Gasteiger partial charge in [-0.1, -0.05) is 24.3 Å². The van der Waals surface area contributed by atoms with Crippen molar-refractivity contribution in [3.63, 3.8) is 0 Å². The second kappa shape index (κ2) is 8.58. The molecule has 2 aliphatic rings. The van der Waals surface area contributed by atoms with Gasteiger partial charge < -0.3 is 9.30 Å². The van der Waals surface area contributed by atoms with E-state index in [0.29, 0.717) is 29.7 Å². The van der Waals surface area contributed by atoms with Gasteiger partial charge in [0, 0.05) is 24.7 Å². The van der Waals surface area contributed by atoms with Gasteiger partial charge in [0.1, 0.15) is 17.7 Å². The maximum absolute atomic E-state index is 13.1. The third-order valence-corrected chi connectivity index (χ3v) is 7.27. The van der Waals surface area contributed by atoms with E-state index in [2.05, 4.69) is 15.0 Å². The van der Waals surface area contributed by atoms with Crippen molar-refractivity contribution in [2.45, 2.75) is 44.3 Å². The number of halogens is 3. The van der Waals surface area contributed by atoms with Crippen molar-refractivity contribution in [2.75, 3.05) is 7.11 Å². The second-order valence-electron chi connectivity index (χ2n) is 9.97. The average molecular weight is 533 g/mol. The van der Waals surface area contributed by atoms with Crippen LogP contribution in [0.25, 0.3) is 33.8 Å². The molecule has 39 heavy (non-hydrogen) atoms. The first kappa shape index (κ1) is 23.7. The molecule has 1 saturated carbocycles. The van der Waals surface area contributed by atoms with Crippen LogP contribution in [-0.4, -0.2) is 46.4 Å². The number of aromatic nitrogens is 8. The first-order valence-electron chi connectivity index (χ1n) is 12.7. The fraction of sp³-hybridized carbons (Fsp3) is 0.333. The highest BCUT2D eigenvalue weighted by atomic mass is 19.4. The highest BCUT2D eigenvalue weighted by molar-refractivity contribution is 5.85. The van der Waals surface area contributed by atoms with Crippen LogP contribution in [0.3, 0.4) is 0 Å². The summed E-state index contributed by atoms with van der Waals surface area (Å²) in [6.07, 6.45) is 1.73. The Morgan fingerprint density at radius 2 is 1.77 bits per heavy atom. The second-order valence-corrected chi connectivity index (χ2v) is 9.97. The zero-order chi connectivity index (χ0) is 26.9. The Hall–Kier alpha value is -4.35. The number of rotatable bonds is 6. The summed E-state index contributed by atoms with van der Waals surface area (Å²) in [6, 6.07) is 7.30. The zero-order valence-corrected chi connectivity index (χ0v) is 21.2. The van der Waals surface area contributed by atoms with Crippen molar-refractivity contribution < 1.29 is 17.9 Å². The molecule has 198 valence electrons. The normalized spacial score (nSPS) is 14.9. The molecule has 0 bridgehead atoms. The first-order chi connectivity index (χ1) is 18.8. The van der Waals surface area contributed by atoms with Gasteiger partial charge in [0.2, 0.25) is 5.88 Å². The summed E-state index contributed by atoms with van der Waals surface area (Å²) in [5.41, 5.74) is 4.92. The van der Waals surface area contributed by atoms with E-state index in [9.17, 15) is 13.2 Å². The summed E-state index contributed by atoms with van der Waals surface area (Å²) in [6.45, 7) is 0.443. The molecule has 0 amide bonds. The van der Waals surface area contributed by atoms with Gasteiger partial charge in [-0.05, 0) is 31.2 Å². The monoisotopic (exact) mass is 532 g/mol. The highest BCUT2D eigenvalue weighted by Gasteiger charge is 2.35. The number of methoxy groups -OCH3 is 1. The van der Waals surface area contributed by atoms with E-state index in [0.717, 1.165) is 71.1 Å². The van der Waals surface area contributed by atoms with Gasteiger partial charge >= 0.3 is 6.18 Å². The molecule has 9 nitrogen and oxygen atoms in total. The number of alkyl halides is 3. The van der Waals surface area contributed by atoms with Crippen LogP contribution in [0.1, 0.15) is 47.1 Å². The molecule has 0 spiro atoms. The Kier molecular flexibility index (Phi) is 5.23. The number of aryl methyl sites for hydroxylation is 3. The third-order valence-electron chi connectivity index (χ3n) is 7.27. The molecule has 0 N–H and O–H groups in total. The van der Waals surface area contributed by atoms with Gasteiger partial charge in [-0.3, -0.25) is 0 Å². The molecule has 0 saturated heterocycles. The summed E-state index contributed by atoms with van der Waals surface area (Å²) < 4.78 is 48.1. The summed E-state index contributed by atoms with van der Waals surface area (Å²) >= 11 is 0. The van der Waals surface area contributed by atoms with Gasteiger partial charge in [0.15, 0.2) is 17.2 Å². The molecule has 5 aromatic rings. The molecule has 4 aromatic heterocycles. The number of benzene rings is 1. The molecule has 4 heterocycles. The van der Waals surface area contributed by atoms with E-state index in [-0.39, 0.29) is 5.82 Å². The topological polar surface area (TPSA) is 96.4 Å². The van der Waals surface area contributed by atoms with Gasteiger partial charge in [0.25, 0.3) is 0 Å². The fourth-order valence-electron chi connectivity index (χ4n) is 5.25. The Morgan fingerprint density at radius 3 is 2.46 bits per heavy atom. The molecule has 0 atom stereocenters. The predicted octanol–water partition coefficient (Wildman–Crippen LogP) is 4.74. The van der Waals surface area contributed by atoms with E-state index in [4.69, 9.17) is 19.8 Å². The minimum Gasteiger partial charge on any atom is -0.480 e. The molecule has 0 aliphatic heterocycles. The largest absolute Gasteiger partial charge is 0.480 e. The highest BCUT2D eigenvalue weighted by Crippen LogP contribution is 2.45. The van der Waals surface area contributed by atoms with E-state index in [1.807, 2.05) is 16.8 Å². The number of nitrogens with zero attached hydrogens (tertiary/aromatic N) is 8. The average Bonchev–Trinajstić information content (AvgIpc) is 3.44. The van der Waals surface area contributed by atoms with Crippen LogP contribution < -0.4 is 4.74 Å². The fourth-order valence-corrected chi connectivity index (χ4v) is 5.25. The predicted molar refractivity (Wildman–Crippen MR) is 135 cm³/mol. The molecule has 0 radical (unpaired) electrons. The first-order valence-corrected chi connectivity index (χ1v) is 12.7. The number of imidazole rings is 1. The van der Waals surface area contributed by atoms with Crippen LogP contribution in [0.15, 0.2) is 36.8 Å². The Morgan fingerprint density at radius 1 is 1.00 bits per heavy atom. The summed E-state index contributed by atoms with van der Waals surface area (Å²) in [7, 11) is 3.14. The SMILES string of the molecule is COc1ncnc(C2CC2)c1-c1nc2c3c(nn(Cc4ccc(-c5nc(C(F)(F)F)cn5C)cc4)c3n1)CC2. The van der Waals surface area contributed by atoms with E-state index in [1.165, 1.54) is 10.9 Å². The van der Waals surface area contributed by atoms with Crippen LogP contribution >= 0.6 is 0 Å². The molecule has 1 fully saturated rings. The quantitative estimate of drug-likeness (QED) is 0.312. The Labute approximate surface area is 220 Å². The van der Waals surface area contributed by atoms with Crippen LogP contribution in [0.5, 0.6) is 5.88 Å². The van der Waals surface area contributed by atoms with Crippen molar-refractivity contribution in [1.29, 1.82) is 0 Å². The lowest BCUT2D eigenvalue weighted by molar-refractivity contribution is -0.140. The molecule has 2 aliphatic carbocycles. The van der Waals surface area contributed by atoms with Crippen molar-refractivity contribution >= 4 is 11.0 Å². The molecule has 12 heteroatoms. The maximum Gasteiger partial charge on any atom is 0.434 e. The molecular formula is C27H23F3N8O. The van der Waals surface area contributed by atoms with Crippen LogP contribution in [0.2, 0.25) is 0 Å². The zero-order valence-electron chi connectivity index (χ0n) is 21.2. The smallest absolute Gasteiger partial charge is 0.434 e. The minimum atomic E-state index is -4.49. The van der Waals surface area contributed by atoms with Crippen LogP contribution in [0.4, 0.5) is 13.2 Å². The standard InChI is InChI=1S/C27H23F3N8O/c1-37-12-19(27(28,29)30)34-24(37)16-5-3-14(4-6-16)11-38-25-20-17(9-10-18(20)36-38)33-23(35-25)21-22(15-7-8-15)31-13-32-26(21)39-2/h3-6,12-13,15H,7-11H2,1-2H3. The number of hydrogen-bond acceptors (Lipinski definition) is 7. The summed E-state index contributed by atoms with van der Waals surface area (Å²) in [5, 5.41) is 5.82. The van der Waals surface area contributed by atoms with Crippen molar-refractivity contribution in [3.8, 4) is 28.7 Å². The lowest BCUT2D eigenvalue weighted by Crippen LogP contribution is -2.08. The molecule has 7 rings (SSSR count). The molecular weight excluding hydrogens is 509 g/mol. The van der Waals surface area contributed by atoms with Gasteiger partial charge in [-0.2, -0.15) is 18.3 Å². The Bertz CT molecular complexity index is 1740. The van der Waals surface area contributed by atoms with E-state index >= 15 is 0 Å². The van der Waals surface area contributed by atoms with Crippen molar-refractivity contribution in [3.05, 3.63) is 65.1 Å². The molecule has 1 aromatic carbocycles. The van der Waals surface area contributed by atoms with Gasteiger partial charge in [-0.15, -0.1) is 0 Å².